The Kier molecular flexibility index (Phi) is 7.51. The van der Waals surface area contributed by atoms with Crippen molar-refractivity contribution in [1.82, 2.24) is 20.2 Å². The Morgan fingerprint density at radius 3 is 2.43 bits per heavy atom. The molecule has 1 amide bonds. The number of nitrogens with zero attached hydrogens (tertiary/aromatic N) is 4. The van der Waals surface area contributed by atoms with E-state index >= 15 is 0 Å². The predicted octanol–water partition coefficient (Wildman–Crippen LogP) is 0.631. The molecule has 1 unspecified atom stereocenters. The molecule has 0 spiro atoms. The quantitative estimate of drug-likeness (QED) is 0.843. The normalized spacial score (nSPS) is 21.4. The van der Waals surface area contributed by atoms with Crippen LogP contribution in [0.2, 0.25) is 0 Å². The van der Waals surface area contributed by atoms with Crippen molar-refractivity contribution in [1.29, 1.82) is 0 Å². The lowest BCUT2D eigenvalue weighted by molar-refractivity contribution is -0.132. The number of amides is 1. The summed E-state index contributed by atoms with van der Waals surface area (Å²) in [5.74, 6) is 2.76. The molecule has 0 radical (unpaired) electrons. The van der Waals surface area contributed by atoms with Crippen molar-refractivity contribution in [2.45, 2.75) is 6.04 Å². The predicted molar refractivity (Wildman–Crippen MR) is 89.6 cm³/mol. The summed E-state index contributed by atoms with van der Waals surface area (Å²) < 4.78 is 0. The average Bonchev–Trinajstić information content (AvgIpc) is 3.02. The standard InChI is InChI=1S/C12H17N5OS.2ClH/c18-11(10-8-19-9-15-10)16-4-6-17(7-5-16)12-13-2-1-3-14-12;;/h1-3,10,15H,4-9H2;2*1H. The minimum atomic E-state index is 0. The molecular formula is C12H19Cl2N5OS. The summed E-state index contributed by atoms with van der Waals surface area (Å²) in [6, 6.07) is 1.82. The number of anilines is 1. The monoisotopic (exact) mass is 351 g/mol. The Morgan fingerprint density at radius 1 is 1.19 bits per heavy atom. The van der Waals surface area contributed by atoms with Crippen LogP contribution in [0.5, 0.6) is 0 Å². The molecule has 3 heterocycles. The fourth-order valence-electron chi connectivity index (χ4n) is 2.36. The molecule has 0 aromatic carbocycles. The van der Waals surface area contributed by atoms with Crippen molar-refractivity contribution in [2.24, 2.45) is 0 Å². The van der Waals surface area contributed by atoms with Crippen LogP contribution in [0, 0.1) is 0 Å². The maximum atomic E-state index is 12.2. The molecule has 1 atom stereocenters. The zero-order valence-electron chi connectivity index (χ0n) is 11.5. The summed E-state index contributed by atoms with van der Waals surface area (Å²) >= 11 is 1.78. The Morgan fingerprint density at radius 2 is 1.86 bits per heavy atom. The minimum absolute atomic E-state index is 0. The van der Waals surface area contributed by atoms with Crippen molar-refractivity contribution < 1.29 is 4.79 Å². The molecule has 0 bridgehead atoms. The van der Waals surface area contributed by atoms with E-state index in [0.717, 1.165) is 43.8 Å². The van der Waals surface area contributed by atoms with Gasteiger partial charge in [0.25, 0.3) is 0 Å². The van der Waals surface area contributed by atoms with Gasteiger partial charge in [-0.3, -0.25) is 10.1 Å². The number of hydrogen-bond donors (Lipinski definition) is 1. The van der Waals surface area contributed by atoms with E-state index in [4.69, 9.17) is 0 Å². The Labute approximate surface area is 140 Å². The highest BCUT2D eigenvalue weighted by Gasteiger charge is 2.29. The number of carbonyl (C=O) groups excluding carboxylic acids is 1. The summed E-state index contributed by atoms with van der Waals surface area (Å²) in [5, 5.41) is 3.23. The number of hydrogen-bond acceptors (Lipinski definition) is 6. The first-order chi connectivity index (χ1) is 9.34. The number of carbonyl (C=O) groups is 1. The number of rotatable bonds is 2. The zero-order chi connectivity index (χ0) is 13.1. The highest BCUT2D eigenvalue weighted by Crippen LogP contribution is 2.14. The number of piperazine rings is 1. The Balaban J connectivity index is 0.00000110. The number of nitrogens with one attached hydrogen (secondary N) is 1. The smallest absolute Gasteiger partial charge is 0.240 e. The first-order valence-electron chi connectivity index (χ1n) is 6.46. The van der Waals surface area contributed by atoms with Crippen LogP contribution < -0.4 is 10.2 Å². The lowest BCUT2D eigenvalue weighted by Gasteiger charge is -2.35. The van der Waals surface area contributed by atoms with E-state index in [1.807, 2.05) is 11.0 Å². The van der Waals surface area contributed by atoms with Crippen molar-refractivity contribution in [3.8, 4) is 0 Å². The SMILES string of the molecule is Cl.Cl.O=C(C1CSCN1)N1CCN(c2ncccn2)CC1. The van der Waals surface area contributed by atoms with E-state index in [1.165, 1.54) is 0 Å². The maximum Gasteiger partial charge on any atom is 0.240 e. The van der Waals surface area contributed by atoms with Gasteiger partial charge in [-0.25, -0.2) is 9.97 Å². The number of aromatic nitrogens is 2. The van der Waals surface area contributed by atoms with E-state index in [-0.39, 0.29) is 36.8 Å². The van der Waals surface area contributed by atoms with E-state index in [0.29, 0.717) is 0 Å². The molecule has 0 saturated carbocycles. The molecule has 1 aromatic rings. The molecule has 118 valence electrons. The fraction of sp³-hybridized carbons (Fsp3) is 0.583. The van der Waals surface area contributed by atoms with Gasteiger partial charge in [-0.05, 0) is 6.07 Å². The molecule has 0 aliphatic carbocycles. The summed E-state index contributed by atoms with van der Waals surface area (Å²) in [5.41, 5.74) is 0. The van der Waals surface area contributed by atoms with Crippen molar-refractivity contribution >= 4 is 48.4 Å². The molecule has 9 heteroatoms. The van der Waals surface area contributed by atoms with Gasteiger partial charge in [0.1, 0.15) is 0 Å². The Bertz CT molecular complexity index is 439. The second-order valence-electron chi connectivity index (χ2n) is 4.63. The summed E-state index contributed by atoms with van der Waals surface area (Å²) in [6.07, 6.45) is 3.50. The lowest BCUT2D eigenvalue weighted by atomic mass is 10.2. The van der Waals surface area contributed by atoms with Crippen molar-refractivity contribution in [3.63, 3.8) is 0 Å². The van der Waals surface area contributed by atoms with Crippen molar-refractivity contribution in [2.75, 3.05) is 42.7 Å². The highest BCUT2D eigenvalue weighted by molar-refractivity contribution is 7.99. The van der Waals surface area contributed by atoms with Gasteiger partial charge in [-0.2, -0.15) is 0 Å². The molecule has 1 aromatic heterocycles. The first kappa shape index (κ1) is 18.3. The molecule has 1 N–H and O–H groups in total. The second-order valence-corrected chi connectivity index (χ2v) is 5.66. The first-order valence-corrected chi connectivity index (χ1v) is 7.62. The van der Waals surface area contributed by atoms with E-state index < -0.39 is 0 Å². The summed E-state index contributed by atoms with van der Waals surface area (Å²) in [7, 11) is 0. The van der Waals surface area contributed by atoms with Crippen LogP contribution in [0.15, 0.2) is 18.5 Å². The molecule has 2 fully saturated rings. The van der Waals surface area contributed by atoms with Gasteiger partial charge in [0.05, 0.1) is 6.04 Å². The summed E-state index contributed by atoms with van der Waals surface area (Å²) in [6.45, 7) is 3.10. The average molecular weight is 352 g/mol. The summed E-state index contributed by atoms with van der Waals surface area (Å²) in [4.78, 5) is 24.8. The maximum absolute atomic E-state index is 12.2. The third kappa shape index (κ3) is 4.35. The van der Waals surface area contributed by atoms with Gasteiger partial charge >= 0.3 is 0 Å². The number of thioether (sulfide) groups is 1. The van der Waals surface area contributed by atoms with Crippen LogP contribution in [0.25, 0.3) is 0 Å². The Hall–Kier alpha value is -0.760. The van der Waals surface area contributed by atoms with Gasteiger partial charge in [0, 0.05) is 50.2 Å². The lowest BCUT2D eigenvalue weighted by Crippen LogP contribution is -2.54. The third-order valence-electron chi connectivity index (χ3n) is 3.44. The fourth-order valence-corrected chi connectivity index (χ4v) is 3.29. The van der Waals surface area contributed by atoms with E-state index in [9.17, 15) is 4.79 Å². The van der Waals surface area contributed by atoms with Crippen LogP contribution in [0.4, 0.5) is 5.95 Å². The third-order valence-corrected chi connectivity index (χ3v) is 4.38. The topological polar surface area (TPSA) is 61.4 Å². The van der Waals surface area contributed by atoms with Crippen LogP contribution >= 0.6 is 36.6 Å². The van der Waals surface area contributed by atoms with Gasteiger partial charge in [-0.1, -0.05) is 0 Å². The van der Waals surface area contributed by atoms with E-state index in [2.05, 4.69) is 20.2 Å². The molecule has 2 saturated heterocycles. The highest BCUT2D eigenvalue weighted by atomic mass is 35.5. The van der Waals surface area contributed by atoms with Crippen molar-refractivity contribution in [3.05, 3.63) is 18.5 Å². The van der Waals surface area contributed by atoms with Crippen LogP contribution in [-0.4, -0.2) is 64.6 Å². The van der Waals surface area contributed by atoms with Crippen LogP contribution in [0.3, 0.4) is 0 Å². The molecule has 3 rings (SSSR count). The van der Waals surface area contributed by atoms with Crippen LogP contribution in [-0.2, 0) is 4.79 Å². The van der Waals surface area contributed by atoms with Crippen LogP contribution in [0.1, 0.15) is 0 Å². The minimum Gasteiger partial charge on any atom is -0.338 e. The molecule has 21 heavy (non-hydrogen) atoms. The molecule has 2 aliphatic rings. The van der Waals surface area contributed by atoms with E-state index in [1.54, 1.807) is 24.2 Å². The van der Waals surface area contributed by atoms with Gasteiger partial charge in [0.15, 0.2) is 0 Å². The molecule has 6 nitrogen and oxygen atoms in total. The second kappa shape index (κ2) is 8.63. The number of halogens is 2. The van der Waals surface area contributed by atoms with Gasteiger partial charge < -0.3 is 9.80 Å². The molecule has 2 aliphatic heterocycles. The van der Waals surface area contributed by atoms with Gasteiger partial charge in [0.2, 0.25) is 11.9 Å². The largest absolute Gasteiger partial charge is 0.338 e. The molecular weight excluding hydrogens is 333 g/mol. The zero-order valence-corrected chi connectivity index (χ0v) is 13.9. The van der Waals surface area contributed by atoms with Gasteiger partial charge in [-0.15, -0.1) is 36.6 Å².